The molecule has 3 nitrogen and oxygen atoms in total. The minimum atomic E-state index is -0.869. The van der Waals surface area contributed by atoms with Crippen molar-refractivity contribution in [3.63, 3.8) is 0 Å². The van der Waals surface area contributed by atoms with E-state index >= 15 is 0 Å². The Morgan fingerprint density at radius 2 is 1.55 bits per heavy atom. The molecule has 0 unspecified atom stereocenters. The lowest BCUT2D eigenvalue weighted by molar-refractivity contribution is 0.00578. The van der Waals surface area contributed by atoms with Gasteiger partial charge in [0.25, 0.3) is 0 Å². The van der Waals surface area contributed by atoms with E-state index < -0.39 is 5.60 Å². The molecular formula is C16H25BO3. The molecule has 2 rings (SSSR count). The highest BCUT2D eigenvalue weighted by Crippen LogP contribution is 2.36. The van der Waals surface area contributed by atoms with Crippen LogP contribution in [0.15, 0.2) is 18.2 Å². The second-order valence-electron chi connectivity index (χ2n) is 7.22. The summed E-state index contributed by atoms with van der Waals surface area (Å²) in [6.45, 7) is 13.8. The number of aryl methyl sites for hydroxylation is 1. The fourth-order valence-electron chi connectivity index (χ4n) is 2.24. The van der Waals surface area contributed by atoms with E-state index in [0.29, 0.717) is 0 Å². The van der Waals surface area contributed by atoms with Crippen LogP contribution in [0.3, 0.4) is 0 Å². The van der Waals surface area contributed by atoms with Crippen molar-refractivity contribution >= 4 is 12.6 Å². The summed E-state index contributed by atoms with van der Waals surface area (Å²) in [6, 6.07) is 5.94. The van der Waals surface area contributed by atoms with Gasteiger partial charge in [0.2, 0.25) is 0 Å². The Hall–Kier alpha value is -0.835. The van der Waals surface area contributed by atoms with Crippen molar-refractivity contribution in [2.75, 3.05) is 0 Å². The second-order valence-corrected chi connectivity index (χ2v) is 7.22. The Bertz CT molecular complexity index is 499. The summed E-state index contributed by atoms with van der Waals surface area (Å²) < 4.78 is 12.2. The van der Waals surface area contributed by atoms with Crippen LogP contribution in [0.4, 0.5) is 0 Å². The predicted octanol–water partition coefficient (Wildman–Crippen LogP) is 2.52. The zero-order chi connectivity index (χ0) is 15.3. The van der Waals surface area contributed by atoms with Gasteiger partial charge in [-0.25, -0.2) is 0 Å². The van der Waals surface area contributed by atoms with Gasteiger partial charge in [0.05, 0.1) is 16.8 Å². The molecular weight excluding hydrogens is 251 g/mol. The van der Waals surface area contributed by atoms with Gasteiger partial charge < -0.3 is 14.4 Å². The van der Waals surface area contributed by atoms with Crippen LogP contribution in [-0.2, 0) is 14.9 Å². The molecule has 0 bridgehead atoms. The third-order valence-corrected chi connectivity index (χ3v) is 4.49. The molecule has 1 fully saturated rings. The van der Waals surface area contributed by atoms with Crippen LogP contribution in [0.25, 0.3) is 0 Å². The molecule has 1 aliphatic heterocycles. The predicted molar refractivity (Wildman–Crippen MR) is 82.1 cm³/mol. The summed E-state index contributed by atoms with van der Waals surface area (Å²) in [6.07, 6.45) is 0. The first kappa shape index (κ1) is 15.6. The lowest BCUT2D eigenvalue weighted by atomic mass is 9.74. The summed E-state index contributed by atoms with van der Waals surface area (Å²) >= 11 is 0. The van der Waals surface area contributed by atoms with Gasteiger partial charge in [0, 0.05) is 0 Å². The summed E-state index contributed by atoms with van der Waals surface area (Å²) in [5.74, 6) is 0. The van der Waals surface area contributed by atoms with Crippen molar-refractivity contribution in [3.05, 3.63) is 29.3 Å². The summed E-state index contributed by atoms with van der Waals surface area (Å²) in [4.78, 5) is 0. The van der Waals surface area contributed by atoms with Gasteiger partial charge in [-0.3, -0.25) is 0 Å². The molecule has 0 spiro atoms. The normalized spacial score (nSPS) is 21.3. The average Bonchev–Trinajstić information content (AvgIpc) is 2.46. The molecule has 1 saturated heterocycles. The first-order valence-corrected chi connectivity index (χ1v) is 7.13. The van der Waals surface area contributed by atoms with Crippen molar-refractivity contribution in [1.29, 1.82) is 0 Å². The monoisotopic (exact) mass is 276 g/mol. The zero-order valence-electron chi connectivity index (χ0n) is 13.6. The number of benzene rings is 1. The van der Waals surface area contributed by atoms with Crippen LogP contribution in [0.1, 0.15) is 52.7 Å². The highest BCUT2D eigenvalue weighted by Gasteiger charge is 2.52. The lowest BCUT2D eigenvalue weighted by Crippen LogP contribution is -2.41. The molecule has 0 saturated carbocycles. The first-order valence-electron chi connectivity index (χ1n) is 7.13. The number of aliphatic hydroxyl groups is 1. The van der Waals surface area contributed by atoms with Gasteiger partial charge in [-0.15, -0.1) is 0 Å². The van der Waals surface area contributed by atoms with E-state index in [1.807, 2.05) is 52.8 Å². The molecule has 0 aromatic heterocycles. The zero-order valence-corrected chi connectivity index (χ0v) is 13.6. The molecule has 1 aromatic rings. The summed E-state index contributed by atoms with van der Waals surface area (Å²) in [7, 11) is -0.387. The van der Waals surface area contributed by atoms with E-state index in [0.717, 1.165) is 16.6 Å². The van der Waals surface area contributed by atoms with E-state index in [9.17, 15) is 5.11 Å². The van der Waals surface area contributed by atoms with Crippen LogP contribution in [0.5, 0.6) is 0 Å². The minimum Gasteiger partial charge on any atom is -0.399 e. The van der Waals surface area contributed by atoms with Gasteiger partial charge in [0.1, 0.15) is 0 Å². The molecule has 4 heteroatoms. The first-order chi connectivity index (χ1) is 8.94. The van der Waals surface area contributed by atoms with E-state index in [1.54, 1.807) is 13.8 Å². The molecule has 0 radical (unpaired) electrons. The third kappa shape index (κ3) is 2.65. The lowest BCUT2D eigenvalue weighted by Gasteiger charge is -2.32. The molecule has 20 heavy (non-hydrogen) atoms. The molecule has 110 valence electrons. The number of rotatable bonds is 2. The van der Waals surface area contributed by atoms with Gasteiger partial charge in [-0.2, -0.15) is 0 Å². The minimum absolute atomic E-state index is 0.352. The molecule has 1 N–H and O–H groups in total. The van der Waals surface area contributed by atoms with E-state index in [4.69, 9.17) is 9.31 Å². The Labute approximate surface area is 122 Å². The molecule has 0 aliphatic carbocycles. The molecule has 1 aliphatic rings. The van der Waals surface area contributed by atoms with Gasteiger partial charge in [0.15, 0.2) is 0 Å². The van der Waals surface area contributed by atoms with Crippen LogP contribution in [-0.4, -0.2) is 23.4 Å². The van der Waals surface area contributed by atoms with Crippen molar-refractivity contribution in [1.82, 2.24) is 0 Å². The Kier molecular flexibility index (Phi) is 3.57. The second kappa shape index (κ2) is 4.59. The SMILES string of the molecule is Cc1ccc(C(C)(C)O)cc1B1OC(C)(C)C(C)(C)O1. The maximum absolute atomic E-state index is 10.2. The smallest absolute Gasteiger partial charge is 0.399 e. The quantitative estimate of drug-likeness (QED) is 0.844. The Balaban J connectivity index is 2.40. The Morgan fingerprint density at radius 1 is 1.05 bits per heavy atom. The van der Waals surface area contributed by atoms with Gasteiger partial charge in [-0.1, -0.05) is 23.8 Å². The maximum atomic E-state index is 10.2. The van der Waals surface area contributed by atoms with E-state index in [2.05, 4.69) is 0 Å². The van der Waals surface area contributed by atoms with Gasteiger partial charge >= 0.3 is 7.12 Å². The fraction of sp³-hybridized carbons (Fsp3) is 0.625. The summed E-state index contributed by atoms with van der Waals surface area (Å²) in [5, 5.41) is 10.2. The highest BCUT2D eigenvalue weighted by atomic mass is 16.7. The molecule has 1 heterocycles. The number of hydrogen-bond acceptors (Lipinski definition) is 3. The van der Waals surface area contributed by atoms with Crippen LogP contribution in [0.2, 0.25) is 0 Å². The van der Waals surface area contributed by atoms with E-state index in [1.165, 1.54) is 0 Å². The van der Waals surface area contributed by atoms with Crippen molar-refractivity contribution in [3.8, 4) is 0 Å². The molecule has 0 amide bonds. The van der Waals surface area contributed by atoms with Crippen molar-refractivity contribution in [2.45, 2.75) is 65.3 Å². The van der Waals surface area contributed by atoms with Gasteiger partial charge in [-0.05, 0) is 59.5 Å². The topological polar surface area (TPSA) is 38.7 Å². The van der Waals surface area contributed by atoms with E-state index in [-0.39, 0.29) is 18.3 Å². The van der Waals surface area contributed by atoms with Crippen molar-refractivity contribution < 1.29 is 14.4 Å². The number of hydrogen-bond donors (Lipinski definition) is 1. The van der Waals surface area contributed by atoms with Crippen LogP contribution in [0, 0.1) is 6.92 Å². The van der Waals surface area contributed by atoms with Crippen molar-refractivity contribution in [2.24, 2.45) is 0 Å². The highest BCUT2D eigenvalue weighted by molar-refractivity contribution is 6.62. The Morgan fingerprint density at radius 3 is 2.00 bits per heavy atom. The average molecular weight is 276 g/mol. The van der Waals surface area contributed by atoms with Crippen LogP contribution < -0.4 is 5.46 Å². The summed E-state index contributed by atoms with van der Waals surface area (Å²) in [5.41, 5.74) is 1.39. The standard InChI is InChI=1S/C16H25BO3/c1-11-8-9-12(14(2,3)18)10-13(11)17-19-15(4,5)16(6,7)20-17/h8-10,18H,1-7H3. The molecule has 0 atom stereocenters. The third-order valence-electron chi connectivity index (χ3n) is 4.49. The fourth-order valence-corrected chi connectivity index (χ4v) is 2.24. The largest absolute Gasteiger partial charge is 0.495 e. The van der Waals surface area contributed by atoms with Crippen LogP contribution >= 0.6 is 0 Å². The molecule has 1 aromatic carbocycles. The maximum Gasteiger partial charge on any atom is 0.495 e.